The van der Waals surface area contributed by atoms with Crippen LogP contribution in [0.25, 0.3) is 11.1 Å². The van der Waals surface area contributed by atoms with Crippen molar-refractivity contribution in [1.29, 1.82) is 0 Å². The molecule has 2 N–H and O–H groups in total. The number of alkyl carbamates (subject to hydrolysis) is 1. The van der Waals surface area contributed by atoms with Gasteiger partial charge < -0.3 is 20.1 Å². The fraction of sp³-hybridized carbons (Fsp3) is 0.394. The van der Waals surface area contributed by atoms with Crippen molar-refractivity contribution in [3.8, 4) is 11.1 Å². The van der Waals surface area contributed by atoms with E-state index in [-0.39, 0.29) is 17.6 Å². The number of rotatable bonds is 10. The maximum atomic E-state index is 13.6. The number of ether oxygens (including phenoxy) is 1. The molecule has 4 rings (SSSR count). The lowest BCUT2D eigenvalue weighted by Crippen LogP contribution is -2.48. The van der Waals surface area contributed by atoms with E-state index in [4.69, 9.17) is 16.3 Å². The summed E-state index contributed by atoms with van der Waals surface area (Å²) in [5, 5.41) is 15.9. The van der Waals surface area contributed by atoms with Crippen molar-refractivity contribution in [2.75, 3.05) is 33.0 Å². The minimum atomic E-state index is -3.19. The second-order valence-electron chi connectivity index (χ2n) is 11.3. The van der Waals surface area contributed by atoms with Crippen LogP contribution in [-0.4, -0.2) is 63.4 Å². The van der Waals surface area contributed by atoms with Crippen molar-refractivity contribution in [1.82, 2.24) is 10.2 Å². The summed E-state index contributed by atoms with van der Waals surface area (Å²) in [6, 6.07) is 20.2. The summed E-state index contributed by atoms with van der Waals surface area (Å²) in [6.45, 7) is 3.18. The highest BCUT2D eigenvalue weighted by Gasteiger charge is 2.43. The predicted molar refractivity (Wildman–Crippen MR) is 169 cm³/mol. The van der Waals surface area contributed by atoms with Crippen molar-refractivity contribution in [3.63, 3.8) is 0 Å². The average molecular weight is 627 g/mol. The monoisotopic (exact) mass is 626 g/mol. The summed E-state index contributed by atoms with van der Waals surface area (Å²) >= 11 is 6.81. The maximum Gasteiger partial charge on any atom is 0.406 e. The van der Waals surface area contributed by atoms with Gasteiger partial charge in [0.15, 0.2) is 9.84 Å². The number of hydrogen-bond acceptors (Lipinski definition) is 6. The van der Waals surface area contributed by atoms with E-state index in [0.717, 1.165) is 16.7 Å². The number of carbonyl (C=O) groups is 2. The molecule has 10 heteroatoms. The fourth-order valence-electron chi connectivity index (χ4n) is 5.94. The maximum absolute atomic E-state index is 13.6. The summed E-state index contributed by atoms with van der Waals surface area (Å²) < 4.78 is 28.0. The van der Waals surface area contributed by atoms with Gasteiger partial charge in [-0.2, -0.15) is 0 Å². The van der Waals surface area contributed by atoms with Crippen LogP contribution in [0.15, 0.2) is 66.7 Å². The van der Waals surface area contributed by atoms with Crippen molar-refractivity contribution < 1.29 is 27.9 Å². The van der Waals surface area contributed by atoms with Crippen LogP contribution >= 0.6 is 11.6 Å². The minimum absolute atomic E-state index is 0.0893. The Morgan fingerprint density at radius 2 is 1.84 bits per heavy atom. The Balaban J connectivity index is 1.66. The van der Waals surface area contributed by atoms with Gasteiger partial charge in [-0.25, -0.2) is 13.2 Å². The first kappa shape index (κ1) is 32.5. The number of hydrogen-bond donors (Lipinski definition) is 2. The van der Waals surface area contributed by atoms with Crippen LogP contribution in [0, 0.1) is 12.8 Å². The third-order valence-electron chi connectivity index (χ3n) is 7.99. The molecule has 1 unspecified atom stereocenters. The topological polar surface area (TPSA) is 113 Å². The molecule has 3 aromatic rings. The third-order valence-corrected chi connectivity index (χ3v) is 9.16. The summed E-state index contributed by atoms with van der Waals surface area (Å²) in [6.07, 6.45) is 2.82. The number of benzene rings is 3. The highest BCUT2D eigenvalue weighted by Crippen LogP contribution is 2.45. The molecule has 8 nitrogen and oxygen atoms in total. The minimum Gasteiger partial charge on any atom is -0.453 e. The van der Waals surface area contributed by atoms with E-state index in [0.29, 0.717) is 67.0 Å². The standard InChI is InChI=1S/C33H39ClN2O6S/c1-23-8-4-9-26(20-23)30-28(11-5-12-29(30)34)33(39,17-7-18-35-32(38)42-2)27-10-6-19-36(21-27)31(37)25-15-13-24(14-16-25)22-43(3,40)41/h4-5,8-9,11-16,20,27,39H,6-7,10,17-19,21-22H2,1-3H3,(H,35,38)/t27-,33?/m1/s1. The van der Waals surface area contributed by atoms with E-state index >= 15 is 0 Å². The Morgan fingerprint density at radius 1 is 1.12 bits per heavy atom. The van der Waals surface area contributed by atoms with Crippen molar-refractivity contribution >= 4 is 33.4 Å². The molecular weight excluding hydrogens is 588 g/mol. The number of piperidine rings is 1. The number of carbonyl (C=O) groups excluding carboxylic acids is 2. The van der Waals surface area contributed by atoms with Crippen LogP contribution in [0.2, 0.25) is 5.02 Å². The largest absolute Gasteiger partial charge is 0.453 e. The molecule has 1 aliphatic heterocycles. The van der Waals surface area contributed by atoms with Crippen molar-refractivity contribution in [2.24, 2.45) is 5.92 Å². The van der Waals surface area contributed by atoms with E-state index in [1.54, 1.807) is 29.2 Å². The van der Waals surface area contributed by atoms with Gasteiger partial charge in [-0.15, -0.1) is 0 Å². The van der Waals surface area contributed by atoms with Gasteiger partial charge >= 0.3 is 6.09 Å². The Bertz CT molecular complexity index is 1560. The molecule has 0 spiro atoms. The molecule has 1 aliphatic rings. The summed E-state index contributed by atoms with van der Waals surface area (Å²) in [5.74, 6) is -0.571. The Hall–Kier alpha value is -3.40. The number of aliphatic hydroxyl groups is 1. The van der Waals surface area contributed by atoms with Crippen LogP contribution in [0.5, 0.6) is 0 Å². The molecular formula is C33H39ClN2O6S. The number of amides is 2. The summed E-state index contributed by atoms with van der Waals surface area (Å²) in [7, 11) is -1.88. The van der Waals surface area contributed by atoms with Crippen LogP contribution in [-0.2, 0) is 25.9 Å². The molecule has 1 saturated heterocycles. The number of methoxy groups -OCH3 is 1. The van der Waals surface area contributed by atoms with Crippen LogP contribution in [0.3, 0.4) is 0 Å². The summed E-state index contributed by atoms with van der Waals surface area (Å²) in [4.78, 5) is 27.0. The zero-order valence-electron chi connectivity index (χ0n) is 24.8. The third kappa shape index (κ3) is 8.16. The molecule has 0 aliphatic carbocycles. The average Bonchev–Trinajstić information content (AvgIpc) is 2.98. The second-order valence-corrected chi connectivity index (χ2v) is 13.9. The van der Waals surface area contributed by atoms with Gasteiger partial charge in [0.05, 0.1) is 18.5 Å². The van der Waals surface area contributed by atoms with Crippen LogP contribution < -0.4 is 5.32 Å². The zero-order valence-corrected chi connectivity index (χ0v) is 26.4. The Morgan fingerprint density at radius 3 is 2.51 bits per heavy atom. The van der Waals surface area contributed by atoms with E-state index in [2.05, 4.69) is 5.32 Å². The van der Waals surface area contributed by atoms with Crippen LogP contribution in [0.1, 0.15) is 52.7 Å². The van der Waals surface area contributed by atoms with Gasteiger partial charge in [0.1, 0.15) is 0 Å². The molecule has 3 aromatic carbocycles. The molecule has 1 heterocycles. The van der Waals surface area contributed by atoms with Gasteiger partial charge in [-0.1, -0.05) is 65.7 Å². The van der Waals surface area contributed by atoms with Gasteiger partial charge in [-0.3, -0.25) is 4.79 Å². The number of nitrogens with zero attached hydrogens (tertiary/aromatic N) is 1. The van der Waals surface area contributed by atoms with Crippen LogP contribution in [0.4, 0.5) is 4.79 Å². The molecule has 230 valence electrons. The first-order valence-corrected chi connectivity index (χ1v) is 16.8. The molecule has 0 aromatic heterocycles. The molecule has 2 atom stereocenters. The van der Waals surface area contributed by atoms with E-state index in [9.17, 15) is 23.1 Å². The highest BCUT2D eigenvalue weighted by atomic mass is 35.5. The highest BCUT2D eigenvalue weighted by molar-refractivity contribution is 7.89. The van der Waals surface area contributed by atoms with Gasteiger partial charge in [0.2, 0.25) is 0 Å². The molecule has 2 amide bonds. The number of halogens is 1. The molecule has 0 radical (unpaired) electrons. The Kier molecular flexibility index (Phi) is 10.5. The molecule has 1 fully saturated rings. The zero-order chi connectivity index (χ0) is 31.2. The van der Waals surface area contributed by atoms with Gasteiger partial charge in [0, 0.05) is 48.0 Å². The van der Waals surface area contributed by atoms with E-state index in [1.807, 2.05) is 49.4 Å². The van der Waals surface area contributed by atoms with E-state index in [1.165, 1.54) is 13.4 Å². The molecule has 0 saturated carbocycles. The van der Waals surface area contributed by atoms with Gasteiger partial charge in [0.25, 0.3) is 5.91 Å². The summed E-state index contributed by atoms with van der Waals surface area (Å²) in [5.41, 5.74) is 3.12. The first-order valence-electron chi connectivity index (χ1n) is 14.4. The number of aryl methyl sites for hydroxylation is 1. The normalized spacial score (nSPS) is 16.8. The Labute approximate surface area is 258 Å². The lowest BCUT2D eigenvalue weighted by Gasteiger charge is -2.44. The quantitative estimate of drug-likeness (QED) is 0.278. The van der Waals surface area contributed by atoms with Gasteiger partial charge in [-0.05, 0) is 67.5 Å². The SMILES string of the molecule is COC(=O)NCCCC(O)(c1cccc(Cl)c1-c1cccc(C)c1)[C@@H]1CCCN(C(=O)c2ccc(CS(C)(=O)=O)cc2)C1. The van der Waals surface area contributed by atoms with Crippen molar-refractivity contribution in [2.45, 2.75) is 44.0 Å². The van der Waals surface area contributed by atoms with Crippen molar-refractivity contribution in [3.05, 3.63) is 94.0 Å². The lowest BCUT2D eigenvalue weighted by molar-refractivity contribution is -0.0563. The second kappa shape index (κ2) is 13.9. The number of sulfone groups is 1. The first-order chi connectivity index (χ1) is 20.4. The number of likely N-dealkylation sites (tertiary alicyclic amines) is 1. The molecule has 43 heavy (non-hydrogen) atoms. The number of nitrogens with one attached hydrogen (secondary N) is 1. The predicted octanol–water partition coefficient (Wildman–Crippen LogP) is 5.74. The van der Waals surface area contributed by atoms with E-state index < -0.39 is 21.5 Å². The molecule has 0 bridgehead atoms. The smallest absolute Gasteiger partial charge is 0.406 e. The lowest BCUT2D eigenvalue weighted by atomic mass is 9.72. The fourth-order valence-corrected chi connectivity index (χ4v) is 7.02.